The zero-order valence-electron chi connectivity index (χ0n) is 17.7. The van der Waals surface area contributed by atoms with Crippen LogP contribution < -0.4 is 10.1 Å². The minimum Gasteiger partial charge on any atom is -0.497 e. The molecule has 0 saturated carbocycles. The summed E-state index contributed by atoms with van der Waals surface area (Å²) in [7, 11) is 5.73. The van der Waals surface area contributed by atoms with Crippen LogP contribution in [0.25, 0.3) is 0 Å². The molecule has 1 heterocycles. The molecule has 3 rings (SSSR count). The van der Waals surface area contributed by atoms with Crippen LogP contribution in [0.15, 0.2) is 54.6 Å². The second-order valence-electron chi connectivity index (χ2n) is 7.69. The molecule has 1 aliphatic heterocycles. The van der Waals surface area contributed by atoms with E-state index in [9.17, 15) is 4.79 Å². The van der Waals surface area contributed by atoms with Crippen LogP contribution in [0, 0.1) is 0 Å². The molecule has 6 nitrogen and oxygen atoms in total. The molecule has 0 spiro atoms. The molecule has 0 aromatic heterocycles. The van der Waals surface area contributed by atoms with Crippen molar-refractivity contribution in [2.24, 2.45) is 0 Å². The van der Waals surface area contributed by atoms with Gasteiger partial charge in [-0.1, -0.05) is 42.5 Å². The van der Waals surface area contributed by atoms with Gasteiger partial charge in [-0.2, -0.15) is 0 Å². The highest BCUT2D eigenvalue weighted by molar-refractivity contribution is 5.74. The van der Waals surface area contributed by atoms with E-state index in [1.165, 1.54) is 5.56 Å². The van der Waals surface area contributed by atoms with E-state index in [0.717, 1.165) is 44.0 Å². The van der Waals surface area contributed by atoms with Gasteiger partial charge < -0.3 is 19.9 Å². The number of carbonyl (C=O) groups excluding carboxylic acids is 1. The molecule has 1 N–H and O–H groups in total. The predicted molar refractivity (Wildman–Crippen MR) is 116 cm³/mol. The van der Waals surface area contributed by atoms with Gasteiger partial charge in [-0.05, 0) is 37.4 Å². The first kappa shape index (κ1) is 21.1. The van der Waals surface area contributed by atoms with Crippen molar-refractivity contribution in [1.82, 2.24) is 20.0 Å². The van der Waals surface area contributed by atoms with Crippen LogP contribution in [-0.4, -0.2) is 74.7 Å². The van der Waals surface area contributed by atoms with E-state index in [4.69, 9.17) is 4.74 Å². The molecule has 2 amide bonds. The summed E-state index contributed by atoms with van der Waals surface area (Å²) in [5.41, 5.74) is 2.47. The van der Waals surface area contributed by atoms with Gasteiger partial charge in [0.15, 0.2) is 0 Å². The second kappa shape index (κ2) is 10.3. The van der Waals surface area contributed by atoms with Crippen LogP contribution in [0.3, 0.4) is 0 Å². The molecular formula is C23H32N4O2. The molecule has 1 aliphatic rings. The third-order valence-electron chi connectivity index (χ3n) is 5.48. The molecule has 2 aromatic carbocycles. The zero-order valence-corrected chi connectivity index (χ0v) is 17.7. The summed E-state index contributed by atoms with van der Waals surface area (Å²) in [6.07, 6.45) is 0. The fraction of sp³-hybridized carbons (Fsp3) is 0.435. The van der Waals surface area contributed by atoms with Gasteiger partial charge in [0, 0.05) is 39.3 Å². The SMILES string of the molecule is COc1ccc(C(CNC(=O)N2CCN(Cc3ccccc3)CC2)N(C)C)cc1. The van der Waals surface area contributed by atoms with Gasteiger partial charge in [-0.25, -0.2) is 4.79 Å². The van der Waals surface area contributed by atoms with Crippen molar-refractivity contribution >= 4 is 6.03 Å². The van der Waals surface area contributed by atoms with E-state index >= 15 is 0 Å². The van der Waals surface area contributed by atoms with E-state index in [0.29, 0.717) is 6.54 Å². The normalized spacial score (nSPS) is 15.9. The molecule has 1 fully saturated rings. The van der Waals surface area contributed by atoms with E-state index in [-0.39, 0.29) is 12.1 Å². The first-order valence-corrected chi connectivity index (χ1v) is 10.2. The monoisotopic (exact) mass is 396 g/mol. The largest absolute Gasteiger partial charge is 0.497 e. The van der Waals surface area contributed by atoms with E-state index in [2.05, 4.69) is 51.5 Å². The number of nitrogens with one attached hydrogen (secondary N) is 1. The number of carbonyl (C=O) groups is 1. The zero-order chi connectivity index (χ0) is 20.6. The van der Waals surface area contributed by atoms with Gasteiger partial charge >= 0.3 is 6.03 Å². The Balaban J connectivity index is 1.48. The van der Waals surface area contributed by atoms with Gasteiger partial charge in [-0.3, -0.25) is 4.90 Å². The predicted octanol–water partition coefficient (Wildman–Crippen LogP) is 2.83. The maximum atomic E-state index is 12.7. The number of urea groups is 1. The number of hydrogen-bond acceptors (Lipinski definition) is 4. The lowest BCUT2D eigenvalue weighted by molar-refractivity contribution is 0.133. The number of benzene rings is 2. The molecule has 6 heteroatoms. The van der Waals surface area contributed by atoms with Gasteiger partial charge in [0.05, 0.1) is 13.2 Å². The first-order chi connectivity index (χ1) is 14.1. The van der Waals surface area contributed by atoms with Crippen LogP contribution >= 0.6 is 0 Å². The Morgan fingerprint density at radius 1 is 1.03 bits per heavy atom. The van der Waals surface area contributed by atoms with Crippen molar-refractivity contribution in [3.8, 4) is 5.75 Å². The van der Waals surface area contributed by atoms with Crippen molar-refractivity contribution in [3.05, 3.63) is 65.7 Å². The summed E-state index contributed by atoms with van der Waals surface area (Å²) in [5.74, 6) is 0.837. The van der Waals surface area contributed by atoms with Gasteiger partial charge in [-0.15, -0.1) is 0 Å². The summed E-state index contributed by atoms with van der Waals surface area (Å²) < 4.78 is 5.24. The number of hydrogen-bond donors (Lipinski definition) is 1. The lowest BCUT2D eigenvalue weighted by atomic mass is 10.1. The Morgan fingerprint density at radius 3 is 2.28 bits per heavy atom. The van der Waals surface area contributed by atoms with Gasteiger partial charge in [0.2, 0.25) is 0 Å². The van der Waals surface area contributed by atoms with Crippen molar-refractivity contribution in [2.75, 3.05) is 53.9 Å². The van der Waals surface area contributed by atoms with Gasteiger partial charge in [0.25, 0.3) is 0 Å². The van der Waals surface area contributed by atoms with Crippen molar-refractivity contribution < 1.29 is 9.53 Å². The van der Waals surface area contributed by atoms with Crippen LogP contribution in [0.4, 0.5) is 4.79 Å². The quantitative estimate of drug-likeness (QED) is 0.782. The highest BCUT2D eigenvalue weighted by Gasteiger charge is 2.22. The topological polar surface area (TPSA) is 48.1 Å². The Labute approximate surface area is 174 Å². The molecule has 29 heavy (non-hydrogen) atoms. The summed E-state index contributed by atoms with van der Waals surface area (Å²) in [6.45, 7) is 4.83. The number of ether oxygens (including phenoxy) is 1. The minimum absolute atomic E-state index is 0.0183. The third kappa shape index (κ3) is 5.95. The second-order valence-corrected chi connectivity index (χ2v) is 7.69. The molecule has 0 aliphatic carbocycles. The average Bonchev–Trinajstić information content (AvgIpc) is 2.75. The summed E-state index contributed by atoms with van der Waals surface area (Å²) >= 11 is 0. The molecule has 0 bridgehead atoms. The van der Waals surface area contributed by atoms with Crippen molar-refractivity contribution in [3.63, 3.8) is 0 Å². The first-order valence-electron chi connectivity index (χ1n) is 10.2. The smallest absolute Gasteiger partial charge is 0.317 e. The standard InChI is InChI=1S/C23H32N4O2/c1-25(2)22(20-9-11-21(29-3)12-10-20)17-24-23(28)27-15-13-26(14-16-27)18-19-7-5-4-6-8-19/h4-12,22H,13-18H2,1-3H3,(H,24,28). The molecule has 156 valence electrons. The number of methoxy groups -OCH3 is 1. The van der Waals surface area contributed by atoms with Crippen LogP contribution in [0.2, 0.25) is 0 Å². The molecule has 1 atom stereocenters. The number of piperazine rings is 1. The van der Waals surface area contributed by atoms with Gasteiger partial charge in [0.1, 0.15) is 5.75 Å². The fourth-order valence-corrected chi connectivity index (χ4v) is 3.67. The summed E-state index contributed by atoms with van der Waals surface area (Å²) in [6, 6.07) is 18.6. The molecule has 1 saturated heterocycles. The van der Waals surface area contributed by atoms with Crippen molar-refractivity contribution in [2.45, 2.75) is 12.6 Å². The third-order valence-corrected chi connectivity index (χ3v) is 5.48. The maximum absolute atomic E-state index is 12.7. The molecule has 0 radical (unpaired) electrons. The van der Waals surface area contributed by atoms with E-state index in [1.54, 1.807) is 7.11 Å². The van der Waals surface area contributed by atoms with Crippen molar-refractivity contribution in [1.29, 1.82) is 0 Å². The number of rotatable bonds is 7. The number of amides is 2. The number of nitrogens with zero attached hydrogens (tertiary/aromatic N) is 3. The highest BCUT2D eigenvalue weighted by atomic mass is 16.5. The fourth-order valence-electron chi connectivity index (χ4n) is 3.67. The lowest BCUT2D eigenvalue weighted by Gasteiger charge is -2.35. The Morgan fingerprint density at radius 2 is 1.69 bits per heavy atom. The van der Waals surface area contributed by atoms with Crippen LogP contribution in [0.5, 0.6) is 5.75 Å². The average molecular weight is 397 g/mol. The minimum atomic E-state index is 0.0183. The lowest BCUT2D eigenvalue weighted by Crippen LogP contribution is -2.52. The Hall–Kier alpha value is -2.57. The van der Waals surface area contributed by atoms with E-state index < -0.39 is 0 Å². The summed E-state index contributed by atoms with van der Waals surface area (Å²) in [5, 5.41) is 3.12. The molecule has 2 aromatic rings. The molecule has 1 unspecified atom stereocenters. The van der Waals surface area contributed by atoms with Crippen LogP contribution in [-0.2, 0) is 6.54 Å². The molecular weight excluding hydrogens is 364 g/mol. The van der Waals surface area contributed by atoms with E-state index in [1.807, 2.05) is 37.2 Å². The maximum Gasteiger partial charge on any atom is 0.317 e. The Kier molecular flexibility index (Phi) is 7.49. The van der Waals surface area contributed by atoms with Crippen LogP contribution in [0.1, 0.15) is 17.2 Å². The number of likely N-dealkylation sites (N-methyl/N-ethyl adjacent to an activating group) is 1. The summed E-state index contributed by atoms with van der Waals surface area (Å²) in [4.78, 5) is 19.1. The Bertz CT molecular complexity index is 756. The highest BCUT2D eigenvalue weighted by Crippen LogP contribution is 2.21.